The SMILES string of the molecule is [2H]C(N)N=C(C)c1ccc(OCCCC(=O)NC)cc1. The average molecular weight is 264 g/mol. The number of nitrogens with two attached hydrogens (primary N) is 1. The zero-order chi connectivity index (χ0) is 15.0. The molecule has 0 saturated carbocycles. The predicted octanol–water partition coefficient (Wildman–Crippen LogP) is 1.32. The molecule has 1 unspecified atom stereocenters. The van der Waals surface area contributed by atoms with Crippen molar-refractivity contribution in [2.45, 2.75) is 19.8 Å². The van der Waals surface area contributed by atoms with Crippen LogP contribution in [0.3, 0.4) is 0 Å². The molecule has 0 fully saturated rings. The van der Waals surface area contributed by atoms with Crippen LogP contribution in [0.4, 0.5) is 0 Å². The van der Waals surface area contributed by atoms with Crippen molar-refractivity contribution in [2.24, 2.45) is 10.7 Å². The quantitative estimate of drug-likeness (QED) is 0.576. The van der Waals surface area contributed by atoms with Crippen molar-refractivity contribution in [3.63, 3.8) is 0 Å². The van der Waals surface area contributed by atoms with Crippen LogP contribution in [-0.2, 0) is 4.79 Å². The van der Waals surface area contributed by atoms with E-state index in [0.29, 0.717) is 19.4 Å². The van der Waals surface area contributed by atoms with Gasteiger partial charge in [-0.1, -0.05) is 0 Å². The van der Waals surface area contributed by atoms with Crippen LogP contribution in [0, 0.1) is 0 Å². The maximum atomic E-state index is 11.0. The number of carbonyl (C=O) groups excluding carboxylic acids is 1. The second-order valence-corrected chi connectivity index (χ2v) is 4.01. The van der Waals surface area contributed by atoms with Gasteiger partial charge in [-0.3, -0.25) is 9.79 Å². The zero-order valence-corrected chi connectivity index (χ0v) is 11.3. The number of hydrogen-bond acceptors (Lipinski definition) is 4. The third-order valence-electron chi connectivity index (χ3n) is 2.64. The summed E-state index contributed by atoms with van der Waals surface area (Å²) in [6.45, 7) is 1.36. The van der Waals surface area contributed by atoms with Crippen molar-refractivity contribution in [2.75, 3.05) is 20.3 Å². The summed E-state index contributed by atoms with van der Waals surface area (Å²) >= 11 is 0. The number of nitrogens with zero attached hydrogens (tertiary/aromatic N) is 1. The van der Waals surface area contributed by atoms with Crippen LogP contribution in [0.5, 0.6) is 5.75 Å². The van der Waals surface area contributed by atoms with Gasteiger partial charge in [-0.25, -0.2) is 0 Å². The molecule has 1 aromatic rings. The number of carbonyl (C=O) groups is 1. The molecule has 0 bridgehead atoms. The molecule has 0 radical (unpaired) electrons. The summed E-state index contributed by atoms with van der Waals surface area (Å²) in [6.07, 6.45) is 1.14. The molecule has 104 valence electrons. The van der Waals surface area contributed by atoms with E-state index in [1.165, 1.54) is 0 Å². The van der Waals surface area contributed by atoms with Gasteiger partial charge in [0.15, 0.2) is 0 Å². The van der Waals surface area contributed by atoms with E-state index in [-0.39, 0.29) is 5.91 Å². The highest BCUT2D eigenvalue weighted by atomic mass is 16.5. The van der Waals surface area contributed by atoms with Gasteiger partial charge < -0.3 is 15.8 Å². The first-order valence-electron chi connectivity index (χ1n) is 6.76. The Bertz CT molecular complexity index is 458. The Morgan fingerprint density at radius 2 is 2.16 bits per heavy atom. The van der Waals surface area contributed by atoms with Gasteiger partial charge in [0.2, 0.25) is 5.91 Å². The lowest BCUT2D eigenvalue weighted by molar-refractivity contribution is -0.120. The summed E-state index contributed by atoms with van der Waals surface area (Å²) < 4.78 is 12.7. The van der Waals surface area contributed by atoms with Crippen LogP contribution in [0.25, 0.3) is 0 Å². The Morgan fingerprint density at radius 3 is 2.74 bits per heavy atom. The molecule has 0 spiro atoms. The van der Waals surface area contributed by atoms with Gasteiger partial charge in [0.05, 0.1) is 14.6 Å². The lowest BCUT2D eigenvalue weighted by atomic mass is 10.1. The first kappa shape index (κ1) is 13.5. The molecule has 5 heteroatoms. The molecule has 0 aromatic heterocycles. The fraction of sp³-hybridized carbons (Fsp3) is 0.429. The van der Waals surface area contributed by atoms with Gasteiger partial charge in [0.25, 0.3) is 0 Å². The van der Waals surface area contributed by atoms with E-state index in [0.717, 1.165) is 17.0 Å². The van der Waals surface area contributed by atoms with Gasteiger partial charge in [-0.15, -0.1) is 0 Å². The summed E-state index contributed by atoms with van der Waals surface area (Å²) in [5, 5.41) is 2.57. The molecule has 1 rings (SSSR count). The van der Waals surface area contributed by atoms with Crippen LogP contribution in [0.15, 0.2) is 29.3 Å². The minimum atomic E-state index is -0.948. The highest BCUT2D eigenvalue weighted by molar-refractivity contribution is 5.98. The predicted molar refractivity (Wildman–Crippen MR) is 76.5 cm³/mol. The summed E-state index contributed by atoms with van der Waals surface area (Å²) in [6, 6.07) is 7.41. The Kier molecular flexibility index (Phi) is 5.89. The van der Waals surface area contributed by atoms with Crippen molar-refractivity contribution >= 4 is 11.6 Å². The van der Waals surface area contributed by atoms with E-state index in [4.69, 9.17) is 11.8 Å². The summed E-state index contributed by atoms with van der Waals surface area (Å²) in [4.78, 5) is 15.0. The molecule has 0 aliphatic heterocycles. The molecule has 0 heterocycles. The third-order valence-corrected chi connectivity index (χ3v) is 2.64. The normalized spacial score (nSPS) is 13.6. The van der Waals surface area contributed by atoms with Gasteiger partial charge in [-0.05, 0) is 43.2 Å². The monoisotopic (exact) mass is 264 g/mol. The van der Waals surface area contributed by atoms with Crippen molar-refractivity contribution in [3.8, 4) is 5.75 Å². The number of nitrogens with one attached hydrogen (secondary N) is 1. The Labute approximate surface area is 115 Å². The molecule has 5 nitrogen and oxygen atoms in total. The number of aliphatic imine (C=N–C) groups is 1. The lowest BCUT2D eigenvalue weighted by Crippen LogP contribution is -2.18. The van der Waals surface area contributed by atoms with Crippen molar-refractivity contribution < 1.29 is 10.9 Å². The molecule has 1 amide bonds. The van der Waals surface area contributed by atoms with E-state index >= 15 is 0 Å². The number of rotatable bonds is 7. The van der Waals surface area contributed by atoms with Gasteiger partial charge >= 0.3 is 0 Å². The van der Waals surface area contributed by atoms with Crippen molar-refractivity contribution in [3.05, 3.63) is 29.8 Å². The fourth-order valence-electron chi connectivity index (χ4n) is 1.53. The van der Waals surface area contributed by atoms with Crippen molar-refractivity contribution in [1.82, 2.24) is 5.32 Å². The molecule has 1 aromatic carbocycles. The second-order valence-electron chi connectivity index (χ2n) is 4.01. The van der Waals surface area contributed by atoms with Crippen LogP contribution in [0.1, 0.15) is 26.7 Å². The summed E-state index contributed by atoms with van der Waals surface area (Å²) in [5.41, 5.74) is 6.93. The van der Waals surface area contributed by atoms with Gasteiger partial charge in [0.1, 0.15) is 5.75 Å². The molecule has 19 heavy (non-hydrogen) atoms. The molecular formula is C14H21N3O2. The largest absolute Gasteiger partial charge is 0.494 e. The smallest absolute Gasteiger partial charge is 0.219 e. The molecule has 3 N–H and O–H groups in total. The first-order chi connectivity index (χ1) is 9.52. The minimum Gasteiger partial charge on any atom is -0.494 e. The van der Waals surface area contributed by atoms with E-state index in [1.54, 1.807) is 7.05 Å². The molecule has 0 saturated heterocycles. The van der Waals surface area contributed by atoms with Crippen molar-refractivity contribution in [1.29, 1.82) is 0 Å². The summed E-state index contributed by atoms with van der Waals surface area (Å²) in [7, 11) is 1.62. The van der Waals surface area contributed by atoms with Crippen LogP contribution in [0.2, 0.25) is 0 Å². The molecular weight excluding hydrogens is 242 g/mol. The molecule has 1 atom stereocenters. The standard InChI is InChI=1S/C14H21N3O2/c1-11(17-10-15)12-5-7-13(8-6-12)19-9-3-4-14(18)16-2/h5-8H,3-4,9-10,15H2,1-2H3,(H,16,18)/i10D. The molecule has 0 aliphatic carbocycles. The topological polar surface area (TPSA) is 76.7 Å². The average Bonchev–Trinajstić information content (AvgIpc) is 2.43. The maximum Gasteiger partial charge on any atom is 0.219 e. The van der Waals surface area contributed by atoms with E-state index in [9.17, 15) is 4.79 Å². The Hall–Kier alpha value is -1.88. The number of ether oxygens (including phenoxy) is 1. The minimum absolute atomic E-state index is 0.0162. The van der Waals surface area contributed by atoms with Crippen LogP contribution in [-0.4, -0.2) is 31.9 Å². The Balaban J connectivity index is 2.45. The highest BCUT2D eigenvalue weighted by Gasteiger charge is 2.00. The van der Waals surface area contributed by atoms with Gasteiger partial charge in [0, 0.05) is 19.2 Å². The van der Waals surface area contributed by atoms with E-state index in [1.807, 2.05) is 31.2 Å². The third kappa shape index (κ3) is 5.52. The number of benzene rings is 1. The summed E-state index contributed by atoms with van der Waals surface area (Å²) in [5.74, 6) is 0.760. The maximum absolute atomic E-state index is 11.0. The fourth-order valence-corrected chi connectivity index (χ4v) is 1.53. The Morgan fingerprint density at radius 1 is 1.47 bits per heavy atom. The van der Waals surface area contributed by atoms with Crippen LogP contribution < -0.4 is 15.8 Å². The van der Waals surface area contributed by atoms with E-state index < -0.39 is 6.64 Å². The number of amides is 1. The zero-order valence-electron chi connectivity index (χ0n) is 12.3. The van der Waals surface area contributed by atoms with Crippen LogP contribution >= 0.6 is 0 Å². The number of hydrogen-bond donors (Lipinski definition) is 2. The first-order valence-corrected chi connectivity index (χ1v) is 6.19. The lowest BCUT2D eigenvalue weighted by Gasteiger charge is -2.07. The highest BCUT2D eigenvalue weighted by Crippen LogP contribution is 2.13. The van der Waals surface area contributed by atoms with Gasteiger partial charge in [-0.2, -0.15) is 0 Å². The molecule has 0 aliphatic rings. The van der Waals surface area contributed by atoms with E-state index in [2.05, 4.69) is 10.3 Å². The second kappa shape index (κ2) is 8.26.